The Bertz CT molecular complexity index is 482. The quantitative estimate of drug-likeness (QED) is 0.763. The van der Waals surface area contributed by atoms with Crippen LogP contribution >= 0.6 is 0 Å². The van der Waals surface area contributed by atoms with Crippen LogP contribution in [0.4, 0.5) is 0 Å². The predicted octanol–water partition coefficient (Wildman–Crippen LogP) is 0.481. The van der Waals surface area contributed by atoms with Gasteiger partial charge in [0.2, 0.25) is 10.0 Å². The fourth-order valence-electron chi connectivity index (χ4n) is 1.22. The van der Waals surface area contributed by atoms with E-state index in [-0.39, 0.29) is 17.2 Å². The van der Waals surface area contributed by atoms with E-state index in [1.54, 1.807) is 19.1 Å². The summed E-state index contributed by atoms with van der Waals surface area (Å²) in [7, 11) is -2.30. The Morgan fingerprint density at radius 2 is 2.12 bits per heavy atom. The number of benzene rings is 1. The third kappa shape index (κ3) is 2.80. The van der Waals surface area contributed by atoms with Crippen LogP contribution in [0.3, 0.4) is 0 Å². The van der Waals surface area contributed by atoms with Gasteiger partial charge in [-0.05, 0) is 24.6 Å². The van der Waals surface area contributed by atoms with Crippen LogP contribution in [0.1, 0.15) is 5.56 Å². The third-order valence-corrected chi connectivity index (χ3v) is 3.41. The van der Waals surface area contributed by atoms with Crippen LogP contribution < -0.4 is 9.46 Å². The molecule has 0 aromatic heterocycles. The summed E-state index contributed by atoms with van der Waals surface area (Å²) in [4.78, 5) is 10.2. The average molecular weight is 243 g/mol. The highest BCUT2D eigenvalue weighted by Gasteiger charge is 2.18. The molecule has 1 aromatic carbocycles. The Balaban J connectivity index is 3.19. The molecule has 0 aliphatic rings. The Morgan fingerprint density at radius 1 is 1.44 bits per heavy atom. The Morgan fingerprint density at radius 3 is 2.69 bits per heavy atom. The summed E-state index contributed by atoms with van der Waals surface area (Å²) in [5.74, 6) is 0.254. The highest BCUT2D eigenvalue weighted by molar-refractivity contribution is 7.89. The second-order valence-corrected chi connectivity index (χ2v) is 4.91. The first-order valence-electron chi connectivity index (χ1n) is 4.59. The Hall–Kier alpha value is -1.40. The molecule has 1 rings (SSSR count). The second kappa shape index (κ2) is 5.09. The lowest BCUT2D eigenvalue weighted by Crippen LogP contribution is -2.26. The van der Waals surface area contributed by atoms with Crippen LogP contribution in [-0.4, -0.2) is 28.4 Å². The lowest BCUT2D eigenvalue weighted by atomic mass is 10.2. The van der Waals surface area contributed by atoms with E-state index >= 15 is 0 Å². The zero-order chi connectivity index (χ0) is 12.2. The number of aryl methyl sites for hydroxylation is 1. The predicted molar refractivity (Wildman–Crippen MR) is 59.0 cm³/mol. The van der Waals surface area contributed by atoms with Crippen molar-refractivity contribution in [3.8, 4) is 5.75 Å². The summed E-state index contributed by atoms with van der Waals surface area (Å²) in [6.45, 7) is 1.53. The first kappa shape index (κ1) is 12.7. The highest BCUT2D eigenvalue weighted by atomic mass is 32.2. The number of rotatable bonds is 5. The van der Waals surface area contributed by atoms with Gasteiger partial charge in [-0.15, -0.1) is 0 Å². The Kier molecular flexibility index (Phi) is 4.03. The van der Waals surface area contributed by atoms with E-state index in [0.717, 1.165) is 5.56 Å². The summed E-state index contributed by atoms with van der Waals surface area (Å²) in [6, 6.07) is 4.81. The van der Waals surface area contributed by atoms with Gasteiger partial charge in [-0.1, -0.05) is 6.07 Å². The van der Waals surface area contributed by atoms with E-state index < -0.39 is 10.0 Å². The maximum atomic E-state index is 11.8. The molecule has 16 heavy (non-hydrogen) atoms. The molecule has 0 spiro atoms. The smallest absolute Gasteiger partial charge is 0.244 e. The molecule has 0 saturated carbocycles. The van der Waals surface area contributed by atoms with Crippen LogP contribution in [0.15, 0.2) is 23.1 Å². The van der Waals surface area contributed by atoms with Crippen molar-refractivity contribution in [2.45, 2.75) is 11.8 Å². The molecule has 0 aliphatic carbocycles. The first-order valence-corrected chi connectivity index (χ1v) is 6.07. The van der Waals surface area contributed by atoms with E-state index in [9.17, 15) is 13.2 Å². The lowest BCUT2D eigenvalue weighted by Gasteiger charge is -2.09. The van der Waals surface area contributed by atoms with Gasteiger partial charge in [0.05, 0.1) is 13.7 Å². The third-order valence-electron chi connectivity index (χ3n) is 1.97. The van der Waals surface area contributed by atoms with Gasteiger partial charge in [0, 0.05) is 0 Å². The van der Waals surface area contributed by atoms with E-state index in [2.05, 4.69) is 4.72 Å². The van der Waals surface area contributed by atoms with Crippen LogP contribution in [0.5, 0.6) is 5.75 Å². The number of nitrogens with one attached hydrogen (secondary N) is 1. The summed E-state index contributed by atoms with van der Waals surface area (Å²) in [5, 5.41) is 0. The molecule has 0 radical (unpaired) electrons. The molecular formula is C10H13NO4S. The molecule has 0 fully saturated rings. The molecule has 0 heterocycles. The number of ether oxygens (including phenoxy) is 1. The van der Waals surface area contributed by atoms with Gasteiger partial charge in [0.15, 0.2) is 0 Å². The normalized spacial score (nSPS) is 11.1. The summed E-state index contributed by atoms with van der Waals surface area (Å²) in [6.07, 6.45) is 0.486. The average Bonchev–Trinajstić information content (AvgIpc) is 2.26. The van der Waals surface area contributed by atoms with Gasteiger partial charge in [-0.2, -0.15) is 0 Å². The van der Waals surface area contributed by atoms with Gasteiger partial charge in [-0.25, -0.2) is 13.1 Å². The van der Waals surface area contributed by atoms with Gasteiger partial charge in [-0.3, -0.25) is 0 Å². The minimum atomic E-state index is -3.69. The monoisotopic (exact) mass is 243 g/mol. The molecule has 0 atom stereocenters. The standard InChI is InChI=1S/C10H13NO4S/c1-8-3-4-9(15-2)10(7-8)16(13,14)11-5-6-12/h3-4,6-7,11H,5H2,1-2H3. The maximum absolute atomic E-state index is 11.8. The molecule has 0 saturated heterocycles. The SMILES string of the molecule is COc1ccc(C)cc1S(=O)(=O)NCC=O. The molecule has 1 N–H and O–H groups in total. The van der Waals surface area contributed by atoms with Crippen molar-refractivity contribution in [1.82, 2.24) is 4.72 Å². The van der Waals surface area contributed by atoms with Crippen LogP contribution in [0.2, 0.25) is 0 Å². The van der Waals surface area contributed by atoms with E-state index in [1.165, 1.54) is 13.2 Å². The number of hydrogen-bond acceptors (Lipinski definition) is 4. The molecule has 0 amide bonds. The lowest BCUT2D eigenvalue weighted by molar-refractivity contribution is -0.106. The van der Waals surface area contributed by atoms with E-state index in [0.29, 0.717) is 6.29 Å². The molecule has 0 bridgehead atoms. The second-order valence-electron chi connectivity index (χ2n) is 3.17. The number of hydrogen-bond donors (Lipinski definition) is 1. The number of sulfonamides is 1. The minimum absolute atomic E-state index is 0.0388. The van der Waals surface area contributed by atoms with E-state index in [4.69, 9.17) is 4.74 Å². The molecule has 0 aliphatic heterocycles. The van der Waals surface area contributed by atoms with Gasteiger partial charge >= 0.3 is 0 Å². The number of carbonyl (C=O) groups is 1. The molecule has 1 aromatic rings. The number of aldehydes is 1. The molecule has 0 unspecified atom stereocenters. The van der Waals surface area contributed by atoms with Gasteiger partial charge < -0.3 is 9.53 Å². The van der Waals surface area contributed by atoms with Crippen molar-refractivity contribution in [3.63, 3.8) is 0 Å². The van der Waals surface area contributed by atoms with Crippen molar-refractivity contribution < 1.29 is 17.9 Å². The molecule has 5 nitrogen and oxygen atoms in total. The Labute approximate surface area is 94.5 Å². The van der Waals surface area contributed by atoms with Gasteiger partial charge in [0.1, 0.15) is 16.9 Å². The van der Waals surface area contributed by atoms with Crippen LogP contribution in [0.25, 0.3) is 0 Å². The molecular weight excluding hydrogens is 230 g/mol. The fourth-order valence-corrected chi connectivity index (χ4v) is 2.42. The summed E-state index contributed by atoms with van der Waals surface area (Å²) >= 11 is 0. The largest absolute Gasteiger partial charge is 0.495 e. The number of carbonyl (C=O) groups excluding carboxylic acids is 1. The van der Waals surface area contributed by atoms with Crippen molar-refractivity contribution in [3.05, 3.63) is 23.8 Å². The zero-order valence-corrected chi connectivity index (χ0v) is 9.87. The van der Waals surface area contributed by atoms with Gasteiger partial charge in [0.25, 0.3) is 0 Å². The number of methoxy groups -OCH3 is 1. The van der Waals surface area contributed by atoms with Crippen molar-refractivity contribution in [2.24, 2.45) is 0 Å². The van der Waals surface area contributed by atoms with Crippen molar-refractivity contribution >= 4 is 16.3 Å². The van der Waals surface area contributed by atoms with Crippen LogP contribution in [0, 0.1) is 6.92 Å². The summed E-state index contributed by atoms with van der Waals surface area (Å²) < 4.78 is 30.7. The fraction of sp³-hybridized carbons (Fsp3) is 0.300. The zero-order valence-electron chi connectivity index (χ0n) is 9.06. The highest BCUT2D eigenvalue weighted by Crippen LogP contribution is 2.24. The van der Waals surface area contributed by atoms with Crippen LogP contribution in [-0.2, 0) is 14.8 Å². The maximum Gasteiger partial charge on any atom is 0.244 e. The molecule has 88 valence electrons. The topological polar surface area (TPSA) is 72.5 Å². The summed E-state index contributed by atoms with van der Waals surface area (Å²) in [5.41, 5.74) is 0.798. The molecule has 6 heteroatoms. The van der Waals surface area contributed by atoms with Crippen molar-refractivity contribution in [2.75, 3.05) is 13.7 Å². The minimum Gasteiger partial charge on any atom is -0.495 e. The van der Waals surface area contributed by atoms with E-state index in [1.807, 2.05) is 0 Å². The first-order chi connectivity index (χ1) is 7.51. The van der Waals surface area contributed by atoms with Crippen molar-refractivity contribution in [1.29, 1.82) is 0 Å².